The van der Waals surface area contributed by atoms with E-state index in [2.05, 4.69) is 10.6 Å². The van der Waals surface area contributed by atoms with Gasteiger partial charge < -0.3 is 19.5 Å². The maximum absolute atomic E-state index is 12.2. The molecular weight excluding hydrogens is 372 g/mol. The van der Waals surface area contributed by atoms with Gasteiger partial charge in [-0.2, -0.15) is 0 Å². The van der Waals surface area contributed by atoms with E-state index < -0.39 is 17.6 Å². The molecule has 0 aliphatic heterocycles. The van der Waals surface area contributed by atoms with Crippen LogP contribution in [0.1, 0.15) is 54.4 Å². The molecule has 1 amide bonds. The number of esters is 1. The number of carbonyl (C=O) groups excluding carboxylic acids is 2. The minimum atomic E-state index is -0.574. The van der Waals surface area contributed by atoms with E-state index in [0.717, 1.165) is 12.8 Å². The minimum Gasteiger partial charge on any atom is -0.490 e. The maximum Gasteiger partial charge on any atom is 0.411 e. The first-order valence-corrected chi connectivity index (χ1v) is 10.2. The molecule has 0 aromatic heterocycles. The molecule has 0 bridgehead atoms. The summed E-state index contributed by atoms with van der Waals surface area (Å²) in [6.07, 6.45) is 0.932. The van der Waals surface area contributed by atoms with Crippen LogP contribution in [0.3, 0.4) is 0 Å². The summed E-state index contributed by atoms with van der Waals surface area (Å²) in [6.45, 7) is 12.7. The second-order valence-electron chi connectivity index (χ2n) is 8.29. The summed E-state index contributed by atoms with van der Waals surface area (Å²) in [4.78, 5) is 23.9. The van der Waals surface area contributed by atoms with Gasteiger partial charge in [0.25, 0.3) is 0 Å². The number of unbranched alkanes of at least 4 members (excludes halogenated alkanes) is 1. The zero-order chi connectivity index (χ0) is 21.9. The monoisotopic (exact) mass is 408 g/mol. The molecule has 0 saturated carbocycles. The Labute approximate surface area is 174 Å². The molecule has 1 unspecified atom stereocenters. The van der Waals surface area contributed by atoms with E-state index in [-0.39, 0.29) is 18.6 Å². The largest absolute Gasteiger partial charge is 0.490 e. The quantitative estimate of drug-likeness (QED) is 0.418. The van der Waals surface area contributed by atoms with E-state index in [9.17, 15) is 9.59 Å². The van der Waals surface area contributed by atoms with E-state index in [1.165, 1.54) is 0 Å². The van der Waals surface area contributed by atoms with Crippen LogP contribution in [0.5, 0.6) is 5.75 Å². The Bertz CT molecular complexity index is 623. The van der Waals surface area contributed by atoms with Gasteiger partial charge >= 0.3 is 12.1 Å². The number of hydrogen-bond acceptors (Lipinski definition) is 6. The molecule has 2 N–H and O–H groups in total. The summed E-state index contributed by atoms with van der Waals surface area (Å²) in [7, 11) is 0. The molecule has 0 aliphatic carbocycles. The minimum absolute atomic E-state index is 0.230. The SMILES string of the molecule is CCCCOC(=O)Nc1ccc(OCC(CNC(C)C)OC(=O)C(C)(C)C)cc1. The summed E-state index contributed by atoms with van der Waals surface area (Å²) in [6, 6.07) is 7.24. The van der Waals surface area contributed by atoms with Crippen molar-refractivity contribution in [2.45, 2.75) is 66.5 Å². The van der Waals surface area contributed by atoms with Crippen LogP contribution in [0, 0.1) is 5.41 Å². The van der Waals surface area contributed by atoms with Crippen molar-refractivity contribution in [3.63, 3.8) is 0 Å². The molecule has 7 heteroatoms. The summed E-state index contributed by atoms with van der Waals surface area (Å²) >= 11 is 0. The lowest BCUT2D eigenvalue weighted by Gasteiger charge is -2.24. The van der Waals surface area contributed by atoms with Crippen molar-refractivity contribution in [3.05, 3.63) is 24.3 Å². The van der Waals surface area contributed by atoms with Crippen LogP contribution in [-0.4, -0.2) is 44.0 Å². The topological polar surface area (TPSA) is 85.9 Å². The molecular formula is C22H36N2O5. The van der Waals surface area contributed by atoms with Gasteiger partial charge in [-0.1, -0.05) is 27.2 Å². The molecule has 0 radical (unpaired) electrons. The first-order valence-electron chi connectivity index (χ1n) is 10.2. The summed E-state index contributed by atoms with van der Waals surface area (Å²) < 4.78 is 16.5. The molecule has 0 fully saturated rings. The van der Waals surface area contributed by atoms with Gasteiger partial charge in [0.05, 0.1) is 12.0 Å². The molecule has 0 heterocycles. The normalized spacial score (nSPS) is 12.4. The fourth-order valence-electron chi connectivity index (χ4n) is 2.12. The summed E-state index contributed by atoms with van der Waals surface area (Å²) in [5.41, 5.74) is 0.0471. The molecule has 0 saturated heterocycles. The first-order chi connectivity index (χ1) is 13.6. The highest BCUT2D eigenvalue weighted by Gasteiger charge is 2.26. The molecule has 1 atom stereocenters. The van der Waals surface area contributed by atoms with E-state index >= 15 is 0 Å². The smallest absolute Gasteiger partial charge is 0.411 e. The molecule has 29 heavy (non-hydrogen) atoms. The predicted octanol–water partition coefficient (Wildman–Crippen LogP) is 4.37. The van der Waals surface area contributed by atoms with Crippen LogP contribution in [-0.2, 0) is 14.3 Å². The molecule has 7 nitrogen and oxygen atoms in total. The standard InChI is InChI=1S/C22H36N2O5/c1-7-8-13-27-21(26)24-17-9-11-18(12-10-17)28-15-19(14-23-16(2)3)29-20(25)22(4,5)6/h9-12,16,19,23H,7-8,13-15H2,1-6H3,(H,24,26). The van der Waals surface area contributed by atoms with Crippen molar-refractivity contribution in [1.82, 2.24) is 5.32 Å². The van der Waals surface area contributed by atoms with Crippen LogP contribution < -0.4 is 15.4 Å². The van der Waals surface area contributed by atoms with Crippen LogP contribution in [0.15, 0.2) is 24.3 Å². The fraction of sp³-hybridized carbons (Fsp3) is 0.636. The average molecular weight is 409 g/mol. The van der Waals surface area contributed by atoms with E-state index in [0.29, 0.717) is 24.6 Å². The highest BCUT2D eigenvalue weighted by Crippen LogP contribution is 2.19. The third-order valence-corrected chi connectivity index (χ3v) is 3.91. The summed E-state index contributed by atoms with van der Waals surface area (Å²) in [5, 5.41) is 5.94. The lowest BCUT2D eigenvalue weighted by Crippen LogP contribution is -2.40. The van der Waals surface area contributed by atoms with Gasteiger partial charge in [-0.05, 0) is 51.5 Å². The number of rotatable bonds is 11. The van der Waals surface area contributed by atoms with Crippen LogP contribution >= 0.6 is 0 Å². The highest BCUT2D eigenvalue weighted by atomic mass is 16.6. The molecule has 1 aromatic carbocycles. The Balaban J connectivity index is 2.57. The Kier molecular flexibility index (Phi) is 10.5. The molecule has 1 aromatic rings. The molecule has 0 aliphatic rings. The van der Waals surface area contributed by atoms with Gasteiger partial charge in [-0.15, -0.1) is 0 Å². The number of anilines is 1. The number of amides is 1. The highest BCUT2D eigenvalue weighted by molar-refractivity contribution is 5.84. The van der Waals surface area contributed by atoms with Gasteiger partial charge in [0.1, 0.15) is 18.5 Å². The van der Waals surface area contributed by atoms with Gasteiger partial charge in [-0.3, -0.25) is 10.1 Å². The van der Waals surface area contributed by atoms with E-state index in [1.54, 1.807) is 24.3 Å². The van der Waals surface area contributed by atoms with Crippen molar-refractivity contribution in [2.24, 2.45) is 5.41 Å². The molecule has 0 spiro atoms. The van der Waals surface area contributed by atoms with E-state index in [4.69, 9.17) is 14.2 Å². The first kappa shape index (κ1) is 24.8. The van der Waals surface area contributed by atoms with Gasteiger partial charge in [0.2, 0.25) is 0 Å². The lowest BCUT2D eigenvalue weighted by molar-refractivity contribution is -0.159. The Morgan fingerprint density at radius 3 is 2.31 bits per heavy atom. The Morgan fingerprint density at radius 1 is 1.10 bits per heavy atom. The number of ether oxygens (including phenoxy) is 3. The van der Waals surface area contributed by atoms with Gasteiger partial charge in [0.15, 0.2) is 0 Å². The van der Waals surface area contributed by atoms with Crippen LogP contribution in [0.2, 0.25) is 0 Å². The van der Waals surface area contributed by atoms with Crippen molar-refractivity contribution in [2.75, 3.05) is 25.1 Å². The second-order valence-corrected chi connectivity index (χ2v) is 8.29. The molecule has 164 valence electrons. The number of benzene rings is 1. The third kappa shape index (κ3) is 10.7. The Hall–Kier alpha value is -2.28. The number of hydrogen-bond donors (Lipinski definition) is 2. The van der Waals surface area contributed by atoms with Crippen molar-refractivity contribution >= 4 is 17.7 Å². The van der Waals surface area contributed by atoms with Crippen LogP contribution in [0.4, 0.5) is 10.5 Å². The van der Waals surface area contributed by atoms with Crippen molar-refractivity contribution < 1.29 is 23.8 Å². The van der Waals surface area contributed by atoms with Crippen molar-refractivity contribution in [3.8, 4) is 5.75 Å². The second kappa shape index (κ2) is 12.3. The average Bonchev–Trinajstić information content (AvgIpc) is 2.64. The maximum atomic E-state index is 12.2. The van der Waals surface area contributed by atoms with Gasteiger partial charge in [0, 0.05) is 18.3 Å². The summed E-state index contributed by atoms with van der Waals surface area (Å²) in [5.74, 6) is 0.356. The zero-order valence-electron chi connectivity index (χ0n) is 18.5. The third-order valence-electron chi connectivity index (χ3n) is 3.91. The number of carbonyl (C=O) groups is 2. The fourth-order valence-corrected chi connectivity index (χ4v) is 2.12. The van der Waals surface area contributed by atoms with E-state index in [1.807, 2.05) is 41.5 Å². The molecule has 1 rings (SSSR count). The van der Waals surface area contributed by atoms with Crippen molar-refractivity contribution in [1.29, 1.82) is 0 Å². The van der Waals surface area contributed by atoms with Crippen LogP contribution in [0.25, 0.3) is 0 Å². The predicted molar refractivity (Wildman–Crippen MR) is 114 cm³/mol. The Morgan fingerprint density at radius 2 is 1.76 bits per heavy atom. The van der Waals surface area contributed by atoms with Gasteiger partial charge in [-0.25, -0.2) is 4.79 Å². The lowest BCUT2D eigenvalue weighted by atomic mass is 9.97. The number of nitrogens with one attached hydrogen (secondary N) is 2. The zero-order valence-corrected chi connectivity index (χ0v) is 18.5.